The van der Waals surface area contributed by atoms with E-state index < -0.39 is 40.0 Å². The van der Waals surface area contributed by atoms with E-state index in [1.807, 2.05) is 18.4 Å². The number of ether oxygens (including phenoxy) is 11. The number of pyridine rings is 1. The number of carboxylic acid groups (broad SMARTS) is 1. The summed E-state index contributed by atoms with van der Waals surface area (Å²) in [5.74, 6) is -1.54. The Hall–Kier alpha value is -5.40. The number of aliphatic carboxylic acids is 1. The van der Waals surface area contributed by atoms with Crippen LogP contribution >= 0.6 is 0 Å². The average Bonchev–Trinajstić information content (AvgIpc) is 3.41. The predicted octanol–water partition coefficient (Wildman–Crippen LogP) is 6.44. The van der Waals surface area contributed by atoms with Gasteiger partial charge in [0.05, 0.1) is 94.8 Å². The highest BCUT2D eigenvalue weighted by atomic mass is 32.2. The SMILES string of the molecule is CCCOCC(COCCC)Oc1ccc2c(c1)c(C(=O)Oc1c(C)cc(C(=O)NCCOCCOCCCC(=O)CCCC(=O)O)cc1C)c1cc(OC(COCCOC)COCCOC)ccc1[n+]2CCCS(=O)(=O)O. The maximum absolute atomic E-state index is 15.2. The summed E-state index contributed by atoms with van der Waals surface area (Å²) in [7, 11) is -1.17. The highest BCUT2D eigenvalue weighted by Crippen LogP contribution is 2.34. The predicted molar refractivity (Wildman–Crippen MR) is 290 cm³/mol. The van der Waals surface area contributed by atoms with Crippen LogP contribution in [-0.2, 0) is 64.1 Å². The Morgan fingerprint density at radius 2 is 1.12 bits per heavy atom. The molecule has 0 saturated heterocycles. The van der Waals surface area contributed by atoms with Crippen LogP contribution in [0.1, 0.15) is 97.1 Å². The number of aryl methyl sites for hydroxylation is 3. The van der Waals surface area contributed by atoms with E-state index in [2.05, 4.69) is 5.32 Å². The number of carbonyl (C=O) groups is 4. The first-order valence-corrected chi connectivity index (χ1v) is 28.2. The number of ketones is 1. The number of esters is 1. The van der Waals surface area contributed by atoms with Crippen LogP contribution in [0.5, 0.6) is 17.2 Å². The summed E-state index contributed by atoms with van der Waals surface area (Å²) in [6.45, 7) is 12.2. The number of carbonyl (C=O) groups excluding carboxylic acids is 3. The van der Waals surface area contributed by atoms with Gasteiger partial charge < -0.3 is 62.5 Å². The zero-order valence-electron chi connectivity index (χ0n) is 46.1. The number of carboxylic acids is 1. The number of rotatable bonds is 43. The van der Waals surface area contributed by atoms with Crippen LogP contribution in [0.15, 0.2) is 48.5 Å². The molecule has 3 aromatic carbocycles. The molecule has 434 valence electrons. The van der Waals surface area contributed by atoms with Crippen molar-refractivity contribution in [2.45, 2.75) is 97.8 Å². The molecule has 0 fully saturated rings. The average molecular weight is 1120 g/mol. The van der Waals surface area contributed by atoms with Gasteiger partial charge in [-0.25, -0.2) is 4.79 Å². The van der Waals surface area contributed by atoms with Crippen molar-refractivity contribution in [2.24, 2.45) is 0 Å². The van der Waals surface area contributed by atoms with Crippen molar-refractivity contribution in [1.29, 1.82) is 0 Å². The van der Waals surface area contributed by atoms with Gasteiger partial charge in [-0.05, 0) is 87.1 Å². The standard InChI is InChI=1S/C56H80N2O19S/c1-7-21-71-36-46(37-72-22-8-2)75-44-15-17-50-48(34-44)53(49-35-45(16-18-51(49)58(50)20-11-31-78(64,65)66)76-47(38-73-27-25-67-5)39-74-28-26-68-6)56(63)77-54-40(3)32-42(33-41(54)4)55(62)57-19-24-70-30-29-69-23-10-13-43(59)12-9-14-52(60)61/h15-18,32-35,46-47H,7-14,19-31,36-39H2,1-6H3,(H2-,57,60,61,62,64,65,66)/p+1. The van der Waals surface area contributed by atoms with Crippen LogP contribution in [0.4, 0.5) is 0 Å². The molecule has 0 bridgehead atoms. The number of hydrogen-bond donors (Lipinski definition) is 3. The van der Waals surface area contributed by atoms with Crippen molar-refractivity contribution >= 4 is 55.6 Å². The molecule has 0 aliphatic carbocycles. The third-order valence-corrected chi connectivity index (χ3v) is 12.6. The first kappa shape index (κ1) is 65.1. The van der Waals surface area contributed by atoms with Gasteiger partial charge in [-0.2, -0.15) is 13.0 Å². The lowest BCUT2D eigenvalue weighted by atomic mass is 10.0. The maximum atomic E-state index is 15.2. The first-order valence-electron chi connectivity index (χ1n) is 26.6. The number of aromatic nitrogens is 1. The zero-order valence-corrected chi connectivity index (χ0v) is 47.0. The van der Waals surface area contributed by atoms with Gasteiger partial charge in [-0.15, -0.1) is 0 Å². The first-order chi connectivity index (χ1) is 37.6. The molecular formula is C56H81N2O19S+. The van der Waals surface area contributed by atoms with Gasteiger partial charge in [0, 0.05) is 84.0 Å². The molecule has 22 heteroatoms. The van der Waals surface area contributed by atoms with E-state index >= 15 is 4.79 Å². The molecule has 0 saturated carbocycles. The third-order valence-electron chi connectivity index (χ3n) is 11.8. The fraction of sp³-hybridized carbons (Fsp3) is 0.589. The Balaban J connectivity index is 1.67. The van der Waals surface area contributed by atoms with Gasteiger partial charge in [-0.3, -0.25) is 18.9 Å². The molecule has 1 aromatic heterocycles. The number of benzene rings is 3. The van der Waals surface area contributed by atoms with Crippen LogP contribution in [0, 0.1) is 13.8 Å². The Kier molecular flexibility index (Phi) is 30.0. The van der Waals surface area contributed by atoms with Crippen molar-refractivity contribution in [1.82, 2.24) is 5.32 Å². The number of fused-ring (bicyclic) bond motifs is 2. The maximum Gasteiger partial charge on any atom is 0.345 e. The quantitative estimate of drug-likeness (QED) is 0.0108. The molecule has 0 atom stereocenters. The van der Waals surface area contributed by atoms with E-state index in [1.54, 1.807) is 76.6 Å². The number of Topliss-reactive ketones (excluding diaryl/α,β-unsaturated/α-hetero) is 1. The van der Waals surface area contributed by atoms with Crippen molar-refractivity contribution in [3.05, 3.63) is 70.8 Å². The van der Waals surface area contributed by atoms with Crippen LogP contribution in [0.2, 0.25) is 0 Å². The molecule has 78 heavy (non-hydrogen) atoms. The highest BCUT2D eigenvalue weighted by Gasteiger charge is 2.29. The fourth-order valence-corrected chi connectivity index (χ4v) is 8.71. The molecule has 0 aliphatic heterocycles. The van der Waals surface area contributed by atoms with Crippen molar-refractivity contribution in [2.75, 3.05) is 119 Å². The largest absolute Gasteiger partial charge is 0.486 e. The van der Waals surface area contributed by atoms with Gasteiger partial charge in [0.2, 0.25) is 11.0 Å². The third kappa shape index (κ3) is 23.5. The van der Waals surface area contributed by atoms with Crippen molar-refractivity contribution < 1.29 is 93.9 Å². The van der Waals surface area contributed by atoms with Gasteiger partial charge >= 0.3 is 11.9 Å². The molecule has 0 unspecified atom stereocenters. The topological polar surface area (TPSA) is 260 Å². The van der Waals surface area contributed by atoms with E-state index in [1.165, 1.54) is 0 Å². The lowest BCUT2D eigenvalue weighted by molar-refractivity contribution is -0.645. The van der Waals surface area contributed by atoms with Crippen LogP contribution in [0.25, 0.3) is 21.8 Å². The van der Waals surface area contributed by atoms with Gasteiger partial charge in [0.1, 0.15) is 35.2 Å². The highest BCUT2D eigenvalue weighted by molar-refractivity contribution is 7.85. The van der Waals surface area contributed by atoms with E-state index in [9.17, 15) is 27.4 Å². The summed E-state index contributed by atoms with van der Waals surface area (Å²) in [4.78, 5) is 51.1. The number of hydrogen-bond acceptors (Lipinski definition) is 17. The Morgan fingerprint density at radius 3 is 1.62 bits per heavy atom. The van der Waals surface area contributed by atoms with Crippen LogP contribution < -0.4 is 24.1 Å². The minimum atomic E-state index is -4.32. The molecular weight excluding hydrogens is 1040 g/mol. The van der Waals surface area contributed by atoms with Crippen LogP contribution in [-0.4, -0.2) is 173 Å². The minimum absolute atomic E-state index is 0.00711. The fourth-order valence-electron chi connectivity index (χ4n) is 8.22. The van der Waals surface area contributed by atoms with Crippen LogP contribution in [0.3, 0.4) is 0 Å². The van der Waals surface area contributed by atoms with E-state index in [-0.39, 0.29) is 95.0 Å². The lowest BCUT2D eigenvalue weighted by Gasteiger charge is -2.21. The lowest BCUT2D eigenvalue weighted by Crippen LogP contribution is -2.37. The molecule has 0 aliphatic rings. The molecule has 4 rings (SSSR count). The van der Waals surface area contributed by atoms with E-state index in [4.69, 9.17) is 57.2 Å². The summed E-state index contributed by atoms with van der Waals surface area (Å²) in [6, 6.07) is 13.7. The normalized spacial score (nSPS) is 11.8. The smallest absolute Gasteiger partial charge is 0.345 e. The molecule has 0 spiro atoms. The molecule has 0 radical (unpaired) electrons. The second-order valence-corrected chi connectivity index (χ2v) is 20.1. The Bertz CT molecular complexity index is 2570. The van der Waals surface area contributed by atoms with E-state index in [0.29, 0.717) is 122 Å². The summed E-state index contributed by atoms with van der Waals surface area (Å²) in [5.41, 5.74) is 2.56. The van der Waals surface area contributed by atoms with Gasteiger partial charge in [-0.1, -0.05) is 13.8 Å². The Labute approximate surface area is 458 Å². The number of amides is 1. The number of nitrogens with one attached hydrogen (secondary N) is 1. The Morgan fingerprint density at radius 1 is 0.615 bits per heavy atom. The summed E-state index contributed by atoms with van der Waals surface area (Å²) >= 11 is 0. The second-order valence-electron chi connectivity index (χ2n) is 18.5. The summed E-state index contributed by atoms with van der Waals surface area (Å²) in [6.07, 6.45) is 1.93. The molecule has 1 heterocycles. The monoisotopic (exact) mass is 1120 g/mol. The molecule has 4 aromatic rings. The van der Waals surface area contributed by atoms with E-state index in [0.717, 1.165) is 12.8 Å². The van der Waals surface area contributed by atoms with Crippen molar-refractivity contribution in [3.8, 4) is 17.2 Å². The number of methoxy groups -OCH3 is 2. The minimum Gasteiger partial charge on any atom is -0.486 e. The summed E-state index contributed by atoms with van der Waals surface area (Å²) in [5, 5.41) is 12.4. The summed E-state index contributed by atoms with van der Waals surface area (Å²) < 4.78 is 100.0. The zero-order chi connectivity index (χ0) is 56.7. The van der Waals surface area contributed by atoms with Crippen molar-refractivity contribution in [3.63, 3.8) is 0 Å². The van der Waals surface area contributed by atoms with Gasteiger partial charge in [0.15, 0.2) is 6.54 Å². The molecule has 3 N–H and O–H groups in total. The molecule has 21 nitrogen and oxygen atoms in total. The molecule has 1 amide bonds. The second kappa shape index (κ2) is 36.0. The van der Waals surface area contributed by atoms with Gasteiger partial charge in [0.25, 0.3) is 16.0 Å². The number of nitrogens with zero attached hydrogens (tertiary/aromatic N) is 1.